The first-order valence-electron chi connectivity index (χ1n) is 4.90. The lowest BCUT2D eigenvalue weighted by Gasteiger charge is -2.12. The Morgan fingerprint density at radius 2 is 1.93 bits per heavy atom. The van der Waals surface area contributed by atoms with Gasteiger partial charge in [0.15, 0.2) is 9.84 Å². The van der Waals surface area contributed by atoms with Gasteiger partial charge < -0.3 is 0 Å². The van der Waals surface area contributed by atoms with Gasteiger partial charge >= 0.3 is 0 Å². The van der Waals surface area contributed by atoms with Crippen LogP contribution >= 0.6 is 11.6 Å². The van der Waals surface area contributed by atoms with E-state index in [1.807, 2.05) is 13.8 Å². The van der Waals surface area contributed by atoms with Crippen molar-refractivity contribution in [3.63, 3.8) is 0 Å². The Kier molecular flexibility index (Phi) is 3.79. The van der Waals surface area contributed by atoms with Crippen molar-refractivity contribution < 1.29 is 8.42 Å². The maximum absolute atomic E-state index is 11.8. The van der Waals surface area contributed by atoms with Crippen molar-refractivity contribution in [1.29, 1.82) is 0 Å². The SMILES string of the molecule is CCS(=O)(=O)c1ccc(Cl)cc1C(C)C. The van der Waals surface area contributed by atoms with E-state index in [9.17, 15) is 8.42 Å². The monoisotopic (exact) mass is 246 g/mol. The number of hydrogen-bond donors (Lipinski definition) is 0. The molecule has 0 atom stereocenters. The number of hydrogen-bond acceptors (Lipinski definition) is 2. The lowest BCUT2D eigenvalue weighted by atomic mass is 10.0. The minimum absolute atomic E-state index is 0.119. The van der Waals surface area contributed by atoms with Crippen LogP contribution in [0.25, 0.3) is 0 Å². The molecular weight excluding hydrogens is 232 g/mol. The van der Waals surface area contributed by atoms with Crippen LogP contribution < -0.4 is 0 Å². The molecule has 0 spiro atoms. The van der Waals surface area contributed by atoms with Gasteiger partial charge in [0.1, 0.15) is 0 Å². The second-order valence-corrected chi connectivity index (χ2v) is 6.42. The fraction of sp³-hybridized carbons (Fsp3) is 0.455. The number of sulfone groups is 1. The molecule has 0 aliphatic heterocycles. The van der Waals surface area contributed by atoms with Crippen molar-refractivity contribution in [3.8, 4) is 0 Å². The molecule has 0 saturated carbocycles. The summed E-state index contributed by atoms with van der Waals surface area (Å²) in [6, 6.07) is 4.95. The fourth-order valence-electron chi connectivity index (χ4n) is 1.41. The number of rotatable bonds is 3. The predicted octanol–water partition coefficient (Wildman–Crippen LogP) is 3.26. The van der Waals surface area contributed by atoms with Crippen LogP contribution in [0.3, 0.4) is 0 Å². The van der Waals surface area contributed by atoms with Gasteiger partial charge in [-0.15, -0.1) is 0 Å². The zero-order valence-electron chi connectivity index (χ0n) is 9.12. The van der Waals surface area contributed by atoms with Gasteiger partial charge in [-0.25, -0.2) is 8.42 Å². The highest BCUT2D eigenvalue weighted by molar-refractivity contribution is 7.91. The van der Waals surface area contributed by atoms with Crippen molar-refractivity contribution in [2.24, 2.45) is 0 Å². The predicted molar refractivity (Wildman–Crippen MR) is 63.3 cm³/mol. The summed E-state index contributed by atoms with van der Waals surface area (Å²) in [5.41, 5.74) is 0.796. The molecule has 0 amide bonds. The van der Waals surface area contributed by atoms with Crippen molar-refractivity contribution in [1.82, 2.24) is 0 Å². The van der Waals surface area contributed by atoms with Gasteiger partial charge in [0.25, 0.3) is 0 Å². The van der Waals surface area contributed by atoms with Gasteiger partial charge in [-0.1, -0.05) is 32.4 Å². The standard InChI is InChI=1S/C11H15ClO2S/c1-4-15(13,14)11-6-5-9(12)7-10(11)8(2)3/h5-8H,4H2,1-3H3. The summed E-state index contributed by atoms with van der Waals surface area (Å²) in [6.45, 7) is 5.56. The number of benzene rings is 1. The molecule has 0 bridgehead atoms. The highest BCUT2D eigenvalue weighted by atomic mass is 35.5. The van der Waals surface area contributed by atoms with Crippen LogP contribution in [0, 0.1) is 0 Å². The van der Waals surface area contributed by atoms with E-state index in [4.69, 9.17) is 11.6 Å². The zero-order valence-corrected chi connectivity index (χ0v) is 10.7. The molecule has 0 unspecified atom stereocenters. The summed E-state index contributed by atoms with van der Waals surface area (Å²) in [6.07, 6.45) is 0. The molecule has 15 heavy (non-hydrogen) atoms. The molecule has 4 heteroatoms. The van der Waals surface area contributed by atoms with E-state index in [2.05, 4.69) is 0 Å². The smallest absolute Gasteiger partial charge is 0.178 e. The molecule has 0 saturated heterocycles. The molecule has 0 radical (unpaired) electrons. The Morgan fingerprint density at radius 1 is 1.33 bits per heavy atom. The molecule has 84 valence electrons. The van der Waals surface area contributed by atoms with Crippen LogP contribution in [0.4, 0.5) is 0 Å². The lowest BCUT2D eigenvalue weighted by molar-refractivity contribution is 0.595. The molecule has 0 N–H and O–H groups in total. The van der Waals surface area contributed by atoms with Crippen molar-refractivity contribution in [3.05, 3.63) is 28.8 Å². The summed E-state index contributed by atoms with van der Waals surface area (Å²) in [5.74, 6) is 0.272. The molecule has 1 aromatic carbocycles. The maximum Gasteiger partial charge on any atom is 0.178 e. The van der Waals surface area contributed by atoms with Crippen LogP contribution in [0.2, 0.25) is 5.02 Å². The molecule has 1 rings (SSSR count). The third kappa shape index (κ3) is 2.73. The van der Waals surface area contributed by atoms with Crippen molar-refractivity contribution in [2.75, 3.05) is 5.75 Å². The molecule has 1 aromatic rings. The van der Waals surface area contributed by atoms with E-state index in [0.29, 0.717) is 9.92 Å². The normalized spacial score (nSPS) is 12.1. The molecular formula is C11H15ClO2S. The Bertz CT molecular complexity index is 450. The van der Waals surface area contributed by atoms with E-state index in [0.717, 1.165) is 5.56 Å². The summed E-state index contributed by atoms with van der Waals surface area (Å²) < 4.78 is 23.6. The van der Waals surface area contributed by atoms with Gasteiger partial charge in [0, 0.05) is 5.02 Å². The highest BCUT2D eigenvalue weighted by Gasteiger charge is 2.18. The van der Waals surface area contributed by atoms with Gasteiger partial charge in [-0.2, -0.15) is 0 Å². The average Bonchev–Trinajstić information content (AvgIpc) is 2.17. The molecule has 2 nitrogen and oxygen atoms in total. The largest absolute Gasteiger partial charge is 0.224 e. The average molecular weight is 247 g/mol. The molecule has 0 heterocycles. The summed E-state index contributed by atoms with van der Waals surface area (Å²) in [5, 5.41) is 0.578. The zero-order chi connectivity index (χ0) is 11.6. The first-order chi connectivity index (χ1) is 6.88. The molecule has 0 fully saturated rings. The lowest BCUT2D eigenvalue weighted by Crippen LogP contribution is -2.08. The molecule has 0 aliphatic carbocycles. The minimum atomic E-state index is -3.15. The number of halogens is 1. The van der Waals surface area contributed by atoms with E-state index in [1.54, 1.807) is 25.1 Å². The quantitative estimate of drug-likeness (QED) is 0.821. The summed E-state index contributed by atoms with van der Waals surface area (Å²) >= 11 is 5.86. The third-order valence-corrected chi connectivity index (χ3v) is 4.35. The van der Waals surface area contributed by atoms with Crippen LogP contribution in [0.5, 0.6) is 0 Å². The Labute approximate surface area is 96.2 Å². The molecule has 0 aliphatic rings. The third-order valence-electron chi connectivity index (χ3n) is 2.31. The van der Waals surface area contributed by atoms with Crippen LogP contribution in [0.1, 0.15) is 32.3 Å². The van der Waals surface area contributed by atoms with Crippen LogP contribution in [0.15, 0.2) is 23.1 Å². The first kappa shape index (κ1) is 12.5. The second kappa shape index (κ2) is 4.54. The van der Waals surface area contributed by atoms with Gasteiger partial charge in [0.2, 0.25) is 0 Å². The van der Waals surface area contributed by atoms with Gasteiger partial charge in [0.05, 0.1) is 10.6 Å². The van der Waals surface area contributed by atoms with Crippen molar-refractivity contribution in [2.45, 2.75) is 31.6 Å². The van der Waals surface area contributed by atoms with E-state index >= 15 is 0 Å². The van der Waals surface area contributed by atoms with Crippen LogP contribution in [-0.2, 0) is 9.84 Å². The van der Waals surface area contributed by atoms with E-state index in [1.165, 1.54) is 0 Å². The van der Waals surface area contributed by atoms with E-state index < -0.39 is 9.84 Å². The highest BCUT2D eigenvalue weighted by Crippen LogP contribution is 2.27. The summed E-state index contributed by atoms with van der Waals surface area (Å²) in [7, 11) is -3.15. The Morgan fingerprint density at radius 3 is 2.40 bits per heavy atom. The summed E-state index contributed by atoms with van der Waals surface area (Å²) in [4.78, 5) is 0.407. The van der Waals surface area contributed by atoms with Crippen molar-refractivity contribution >= 4 is 21.4 Å². The molecule has 0 aromatic heterocycles. The van der Waals surface area contributed by atoms with E-state index in [-0.39, 0.29) is 11.7 Å². The minimum Gasteiger partial charge on any atom is -0.224 e. The first-order valence-corrected chi connectivity index (χ1v) is 6.93. The second-order valence-electron chi connectivity index (χ2n) is 3.74. The Hall–Kier alpha value is -0.540. The van der Waals surface area contributed by atoms with Gasteiger partial charge in [-0.3, -0.25) is 0 Å². The van der Waals surface area contributed by atoms with Crippen LogP contribution in [-0.4, -0.2) is 14.2 Å². The maximum atomic E-state index is 11.8. The Balaban J connectivity index is 3.43. The fourth-order valence-corrected chi connectivity index (χ4v) is 2.83. The van der Waals surface area contributed by atoms with Gasteiger partial charge in [-0.05, 0) is 29.7 Å². The topological polar surface area (TPSA) is 34.1 Å².